The molecule has 2 saturated heterocycles. The van der Waals surface area contributed by atoms with Crippen molar-refractivity contribution in [2.75, 3.05) is 13.7 Å². The summed E-state index contributed by atoms with van der Waals surface area (Å²) in [5.41, 5.74) is 0.953. The summed E-state index contributed by atoms with van der Waals surface area (Å²) in [5.74, 6) is -0.00231. The lowest BCUT2D eigenvalue weighted by Crippen LogP contribution is -2.44. The zero-order chi connectivity index (χ0) is 17.3. The first-order valence-electron chi connectivity index (χ1n) is 7.98. The zero-order valence-corrected chi connectivity index (χ0v) is 14.0. The summed E-state index contributed by atoms with van der Waals surface area (Å²) in [6.07, 6.45) is -3.39. The molecule has 2 heterocycles. The van der Waals surface area contributed by atoms with E-state index in [1.807, 2.05) is 24.3 Å². The summed E-state index contributed by atoms with van der Waals surface area (Å²) in [6, 6.07) is 7.51. The summed E-state index contributed by atoms with van der Waals surface area (Å²) >= 11 is 0. The molecule has 0 spiro atoms. The van der Waals surface area contributed by atoms with Crippen molar-refractivity contribution in [3.05, 3.63) is 29.8 Å². The van der Waals surface area contributed by atoms with Gasteiger partial charge in [-0.3, -0.25) is 0 Å². The number of aliphatic hydroxyl groups is 2. The Morgan fingerprint density at radius 2 is 1.92 bits per heavy atom. The van der Waals surface area contributed by atoms with E-state index in [0.717, 1.165) is 11.3 Å². The molecule has 0 aromatic heterocycles. The van der Waals surface area contributed by atoms with Crippen LogP contribution in [0.2, 0.25) is 0 Å². The molecule has 0 aliphatic carbocycles. The lowest BCUT2D eigenvalue weighted by Gasteiger charge is -2.28. The highest BCUT2D eigenvalue weighted by molar-refractivity contribution is 5.26. The van der Waals surface area contributed by atoms with Crippen molar-refractivity contribution in [1.29, 1.82) is 0 Å². The molecule has 24 heavy (non-hydrogen) atoms. The molecule has 0 unspecified atom stereocenters. The van der Waals surface area contributed by atoms with Crippen molar-refractivity contribution < 1.29 is 33.9 Å². The molecule has 5 atom stereocenters. The molecule has 134 valence electrons. The summed E-state index contributed by atoms with van der Waals surface area (Å²) in [6.45, 7) is 3.49. The molecule has 1 aromatic rings. The predicted octanol–water partition coefficient (Wildman–Crippen LogP) is 0.810. The highest BCUT2D eigenvalue weighted by Gasteiger charge is 2.56. The van der Waals surface area contributed by atoms with E-state index in [0.29, 0.717) is 6.61 Å². The van der Waals surface area contributed by atoms with E-state index in [9.17, 15) is 10.2 Å². The Kier molecular flexibility index (Phi) is 5.10. The molecule has 2 fully saturated rings. The number of benzene rings is 1. The largest absolute Gasteiger partial charge is 0.497 e. The molecule has 0 bridgehead atoms. The van der Waals surface area contributed by atoms with Gasteiger partial charge in [0.25, 0.3) is 0 Å². The number of fused-ring (bicyclic) bond motifs is 1. The topological polar surface area (TPSA) is 86.6 Å². The van der Waals surface area contributed by atoms with Gasteiger partial charge in [0.05, 0.1) is 20.3 Å². The summed E-state index contributed by atoms with van der Waals surface area (Å²) in [7, 11) is 1.61. The Balaban J connectivity index is 1.69. The quantitative estimate of drug-likeness (QED) is 0.792. The fourth-order valence-corrected chi connectivity index (χ4v) is 3.02. The van der Waals surface area contributed by atoms with Crippen molar-refractivity contribution in [1.82, 2.24) is 0 Å². The molecule has 0 amide bonds. The minimum Gasteiger partial charge on any atom is -0.497 e. The second-order valence-corrected chi connectivity index (χ2v) is 6.44. The minimum absolute atomic E-state index is 0.319. The monoisotopic (exact) mass is 340 g/mol. The number of rotatable bonds is 6. The lowest BCUT2D eigenvalue weighted by atomic mass is 10.1. The highest BCUT2D eigenvalue weighted by atomic mass is 16.8. The maximum Gasteiger partial charge on any atom is 0.190 e. The molecule has 0 saturated carbocycles. The maximum atomic E-state index is 10.00. The lowest BCUT2D eigenvalue weighted by molar-refractivity contribution is -0.232. The molecule has 7 nitrogen and oxygen atoms in total. The van der Waals surface area contributed by atoms with Crippen LogP contribution in [0.15, 0.2) is 24.3 Å². The normalized spacial score (nSPS) is 32.5. The molecule has 7 heteroatoms. The minimum atomic E-state index is -1.06. The van der Waals surface area contributed by atoms with Crippen molar-refractivity contribution in [3.63, 3.8) is 0 Å². The third kappa shape index (κ3) is 3.56. The summed E-state index contributed by atoms with van der Waals surface area (Å²) in [4.78, 5) is 0. The predicted molar refractivity (Wildman–Crippen MR) is 83.4 cm³/mol. The Hall–Kier alpha value is -1.22. The first kappa shape index (κ1) is 17.6. The first-order valence-corrected chi connectivity index (χ1v) is 7.98. The highest BCUT2D eigenvalue weighted by Crippen LogP contribution is 2.39. The van der Waals surface area contributed by atoms with Gasteiger partial charge < -0.3 is 33.9 Å². The van der Waals surface area contributed by atoms with Crippen LogP contribution < -0.4 is 4.74 Å². The van der Waals surface area contributed by atoms with Crippen molar-refractivity contribution in [2.24, 2.45) is 0 Å². The average Bonchev–Trinajstić information content (AvgIpc) is 3.04. The average molecular weight is 340 g/mol. The van der Waals surface area contributed by atoms with E-state index in [-0.39, 0.29) is 0 Å². The molecule has 2 N–H and O–H groups in total. The summed E-state index contributed by atoms with van der Waals surface area (Å²) in [5, 5.41) is 19.2. The Morgan fingerprint density at radius 1 is 1.21 bits per heavy atom. The van der Waals surface area contributed by atoms with Crippen LogP contribution in [0.25, 0.3) is 0 Å². The number of hydrogen-bond donors (Lipinski definition) is 2. The number of methoxy groups -OCH3 is 1. The number of hydrogen-bond acceptors (Lipinski definition) is 7. The fraction of sp³-hybridized carbons (Fsp3) is 0.647. The van der Waals surface area contributed by atoms with Gasteiger partial charge in [0.2, 0.25) is 0 Å². The van der Waals surface area contributed by atoms with Gasteiger partial charge in [0, 0.05) is 0 Å². The molecule has 0 radical (unpaired) electrons. The Bertz CT molecular complexity index is 544. The number of aliphatic hydroxyl groups excluding tert-OH is 2. The van der Waals surface area contributed by atoms with E-state index in [1.54, 1.807) is 21.0 Å². The van der Waals surface area contributed by atoms with Gasteiger partial charge >= 0.3 is 0 Å². The standard InChI is InChI=1S/C17H24O7/c1-17(2)23-15-14(13(12(19)8-18)22-16(15)24-17)21-9-10-4-6-11(20-3)7-5-10/h4-7,12-16,18-19H,8-9H2,1-3H3/t12-,13-,14-,15-,16-/m1/s1. The third-order valence-electron chi connectivity index (χ3n) is 4.19. The SMILES string of the molecule is COc1ccc(CO[C@H]2[C@H]3OC(C)(C)O[C@H]3O[C@@H]2[C@H](O)CO)cc1. The summed E-state index contributed by atoms with van der Waals surface area (Å²) < 4.78 is 28.3. The third-order valence-corrected chi connectivity index (χ3v) is 4.19. The van der Waals surface area contributed by atoms with Crippen LogP contribution in [-0.4, -0.2) is 60.4 Å². The van der Waals surface area contributed by atoms with Crippen LogP contribution in [0.3, 0.4) is 0 Å². The molecular formula is C17H24O7. The second-order valence-electron chi connectivity index (χ2n) is 6.44. The van der Waals surface area contributed by atoms with Crippen LogP contribution >= 0.6 is 0 Å². The number of ether oxygens (including phenoxy) is 5. The van der Waals surface area contributed by atoms with Gasteiger partial charge in [0.15, 0.2) is 12.1 Å². The van der Waals surface area contributed by atoms with Crippen LogP contribution in [-0.2, 0) is 25.6 Å². The smallest absolute Gasteiger partial charge is 0.190 e. The van der Waals surface area contributed by atoms with Crippen LogP contribution in [0.1, 0.15) is 19.4 Å². The van der Waals surface area contributed by atoms with Gasteiger partial charge in [-0.2, -0.15) is 0 Å². The van der Waals surface area contributed by atoms with Crippen molar-refractivity contribution in [2.45, 2.75) is 56.9 Å². The van der Waals surface area contributed by atoms with Gasteiger partial charge in [0.1, 0.15) is 30.2 Å². The van der Waals surface area contributed by atoms with Crippen LogP contribution in [0, 0.1) is 0 Å². The second kappa shape index (κ2) is 6.95. The maximum absolute atomic E-state index is 10.00. The van der Waals surface area contributed by atoms with E-state index >= 15 is 0 Å². The fourth-order valence-electron chi connectivity index (χ4n) is 3.02. The molecule has 1 aromatic carbocycles. The molecule has 2 aliphatic rings. The van der Waals surface area contributed by atoms with Crippen molar-refractivity contribution >= 4 is 0 Å². The van der Waals surface area contributed by atoms with E-state index in [1.165, 1.54) is 0 Å². The van der Waals surface area contributed by atoms with Gasteiger partial charge in [-0.05, 0) is 31.5 Å². The molecular weight excluding hydrogens is 316 g/mol. The zero-order valence-electron chi connectivity index (χ0n) is 14.0. The van der Waals surface area contributed by atoms with Crippen molar-refractivity contribution in [3.8, 4) is 5.75 Å². The Morgan fingerprint density at radius 3 is 2.54 bits per heavy atom. The van der Waals surface area contributed by atoms with Gasteiger partial charge in [-0.25, -0.2) is 0 Å². The first-order chi connectivity index (χ1) is 11.4. The van der Waals surface area contributed by atoms with Crippen LogP contribution in [0.4, 0.5) is 0 Å². The Labute approximate surface area is 141 Å². The van der Waals surface area contributed by atoms with E-state index < -0.39 is 43.1 Å². The van der Waals surface area contributed by atoms with E-state index in [2.05, 4.69) is 0 Å². The van der Waals surface area contributed by atoms with E-state index in [4.69, 9.17) is 23.7 Å². The molecule has 3 rings (SSSR count). The van der Waals surface area contributed by atoms with Crippen LogP contribution in [0.5, 0.6) is 5.75 Å². The van der Waals surface area contributed by atoms with Gasteiger partial charge in [-0.1, -0.05) is 12.1 Å². The van der Waals surface area contributed by atoms with Gasteiger partial charge in [-0.15, -0.1) is 0 Å². The molecule has 2 aliphatic heterocycles.